The molecule has 4 rings (SSSR count). The van der Waals surface area contributed by atoms with Gasteiger partial charge in [0.15, 0.2) is 5.67 Å². The van der Waals surface area contributed by atoms with E-state index in [0.29, 0.717) is 24.2 Å². The van der Waals surface area contributed by atoms with E-state index in [0.717, 1.165) is 17.7 Å². The molecule has 2 fully saturated rings. The molecule has 2 unspecified atom stereocenters. The van der Waals surface area contributed by atoms with E-state index in [-0.39, 0.29) is 19.6 Å². The summed E-state index contributed by atoms with van der Waals surface area (Å²) in [5.41, 5.74) is -3.27. The number of amides is 1. The molecule has 0 spiro atoms. The molecule has 40 heavy (non-hydrogen) atoms. The van der Waals surface area contributed by atoms with Crippen molar-refractivity contribution in [3.05, 3.63) is 36.0 Å². The number of anilines is 1. The summed E-state index contributed by atoms with van der Waals surface area (Å²) in [4.78, 5) is 37.5. The first kappa shape index (κ1) is 32.9. The van der Waals surface area contributed by atoms with Crippen molar-refractivity contribution < 1.29 is 59.7 Å². The lowest BCUT2D eigenvalue weighted by molar-refractivity contribution is -0.193. The fraction of sp³-hybridized carbons (Fsp3) is 0.583. The maximum atomic E-state index is 15.5. The Morgan fingerprint density at radius 3 is 2.00 bits per heavy atom. The van der Waals surface area contributed by atoms with Gasteiger partial charge in [0.25, 0.3) is 5.91 Å². The van der Waals surface area contributed by atoms with Crippen molar-refractivity contribution in [3.8, 4) is 0 Å². The lowest BCUT2D eigenvalue weighted by Gasteiger charge is -2.31. The summed E-state index contributed by atoms with van der Waals surface area (Å²) in [6.07, 6.45) is -4.31. The molecule has 2 N–H and O–H groups in total. The number of carboxylic acid groups (broad SMARTS) is 2. The van der Waals surface area contributed by atoms with Gasteiger partial charge >= 0.3 is 24.3 Å². The summed E-state index contributed by atoms with van der Waals surface area (Å²) in [5.74, 6) is -5.22. The first-order valence-electron chi connectivity index (χ1n) is 11.8. The van der Waals surface area contributed by atoms with E-state index in [2.05, 4.69) is 24.9 Å². The quantitative estimate of drug-likeness (QED) is 0.397. The van der Waals surface area contributed by atoms with Gasteiger partial charge in [-0.15, -0.1) is 0 Å². The number of allylic oxidation sites excluding steroid dienone is 2. The number of carbonyl (C=O) groups excluding carboxylic acids is 1. The van der Waals surface area contributed by atoms with Gasteiger partial charge in [-0.3, -0.25) is 14.6 Å². The van der Waals surface area contributed by atoms with Gasteiger partial charge in [-0.25, -0.2) is 23.4 Å². The molecule has 1 aromatic heterocycles. The molecular formula is C24H27F8N3O5. The molecule has 3 heterocycles. The second-order valence-electron chi connectivity index (χ2n) is 9.79. The van der Waals surface area contributed by atoms with E-state index in [1.807, 2.05) is 4.90 Å². The molecule has 4 atom stereocenters. The molecule has 0 aromatic carbocycles. The zero-order valence-electron chi connectivity index (χ0n) is 21.3. The van der Waals surface area contributed by atoms with Crippen LogP contribution in [-0.4, -0.2) is 87.8 Å². The Hall–Kier alpha value is -3.30. The lowest BCUT2D eigenvalue weighted by atomic mass is 9.82. The first-order valence-corrected chi connectivity index (χ1v) is 11.8. The number of fused-ring (bicyclic) bond motifs is 1. The van der Waals surface area contributed by atoms with Crippen LogP contribution in [0, 0.1) is 11.8 Å². The summed E-state index contributed by atoms with van der Waals surface area (Å²) in [6.45, 7) is 4.45. The number of halogens is 8. The fourth-order valence-corrected chi connectivity index (χ4v) is 4.72. The standard InChI is InChI=1S/C20H25F2N3O.2C2HF3O2/c1-14-6-7-16(15(2)9-14)10-24-11-19(21)12-25(17-5-3-4-8-23-17)18(26)20(19,22)13-24;2*3-2(4,5)1(6)7/h3-5,8-9,15-16H,6-7,10-13H2,1-2H3;2*(H,6,7)/t15?,16?,19-,20+;;/m0../s1. The molecule has 0 bridgehead atoms. The Morgan fingerprint density at radius 2 is 1.57 bits per heavy atom. The van der Waals surface area contributed by atoms with E-state index in [1.54, 1.807) is 18.2 Å². The van der Waals surface area contributed by atoms with E-state index < -0.39 is 41.5 Å². The number of hydrogen-bond donors (Lipinski definition) is 2. The number of aromatic nitrogens is 1. The smallest absolute Gasteiger partial charge is 0.475 e. The second kappa shape index (κ2) is 12.1. The van der Waals surface area contributed by atoms with Crippen LogP contribution in [0.5, 0.6) is 0 Å². The van der Waals surface area contributed by atoms with Gasteiger partial charge in [-0.2, -0.15) is 26.3 Å². The summed E-state index contributed by atoms with van der Waals surface area (Å²) in [6, 6.07) is 5.04. The average Bonchev–Trinajstić information content (AvgIpc) is 3.19. The monoisotopic (exact) mass is 589 g/mol. The predicted octanol–water partition coefficient (Wildman–Crippen LogP) is 4.42. The zero-order chi connectivity index (χ0) is 30.7. The number of hydrogen-bond acceptors (Lipinski definition) is 5. The molecular weight excluding hydrogens is 562 g/mol. The highest BCUT2D eigenvalue weighted by Gasteiger charge is 2.71. The van der Waals surface area contributed by atoms with Crippen LogP contribution in [0.4, 0.5) is 40.9 Å². The SMILES string of the molecule is CC1=CC(C)C(CN2C[C@]3(F)CN(c4ccccn4)C(=O)[C@]3(F)C2)CC1.O=C(O)C(F)(F)F.O=C(O)C(F)(F)F. The van der Waals surface area contributed by atoms with Gasteiger partial charge in [0.05, 0.1) is 6.54 Å². The third-order valence-electron chi connectivity index (χ3n) is 6.72. The number of carbonyl (C=O) groups is 3. The van der Waals surface area contributed by atoms with Crippen molar-refractivity contribution >= 4 is 23.7 Å². The number of rotatable bonds is 3. The van der Waals surface area contributed by atoms with Crippen molar-refractivity contribution in [3.63, 3.8) is 0 Å². The first-order chi connectivity index (χ1) is 18.2. The van der Waals surface area contributed by atoms with Crippen molar-refractivity contribution in [2.75, 3.05) is 31.1 Å². The zero-order valence-corrected chi connectivity index (χ0v) is 21.3. The molecule has 0 saturated carbocycles. The van der Waals surface area contributed by atoms with Crippen LogP contribution in [-0.2, 0) is 14.4 Å². The van der Waals surface area contributed by atoms with Crippen LogP contribution >= 0.6 is 0 Å². The number of carboxylic acids is 2. The minimum absolute atomic E-state index is 0.0372. The second-order valence-corrected chi connectivity index (χ2v) is 9.79. The highest BCUT2D eigenvalue weighted by atomic mass is 19.4. The minimum atomic E-state index is -5.08. The summed E-state index contributed by atoms with van der Waals surface area (Å²) in [7, 11) is 0. The fourth-order valence-electron chi connectivity index (χ4n) is 4.72. The molecule has 1 aliphatic carbocycles. The van der Waals surface area contributed by atoms with Crippen LogP contribution in [0.3, 0.4) is 0 Å². The van der Waals surface area contributed by atoms with Gasteiger partial charge in [-0.1, -0.05) is 24.6 Å². The van der Waals surface area contributed by atoms with Crippen LogP contribution < -0.4 is 4.90 Å². The predicted molar refractivity (Wildman–Crippen MR) is 124 cm³/mol. The number of pyridine rings is 1. The van der Waals surface area contributed by atoms with Crippen molar-refractivity contribution in [2.45, 2.75) is 50.4 Å². The molecule has 3 aliphatic rings. The Labute approximate surface area is 223 Å². The molecule has 1 aromatic rings. The van der Waals surface area contributed by atoms with Gasteiger partial charge in [-0.05, 0) is 43.7 Å². The summed E-state index contributed by atoms with van der Waals surface area (Å²) >= 11 is 0. The third-order valence-corrected chi connectivity index (χ3v) is 6.72. The Bertz CT molecular complexity index is 1090. The number of nitrogens with zero attached hydrogens (tertiary/aromatic N) is 3. The maximum Gasteiger partial charge on any atom is 0.490 e. The van der Waals surface area contributed by atoms with E-state index in [4.69, 9.17) is 19.8 Å². The summed E-state index contributed by atoms with van der Waals surface area (Å²) < 4.78 is 94.5. The van der Waals surface area contributed by atoms with Crippen molar-refractivity contribution in [1.82, 2.24) is 9.88 Å². The Balaban J connectivity index is 0.000000333. The third kappa shape index (κ3) is 7.67. The van der Waals surface area contributed by atoms with Crippen LogP contribution in [0.15, 0.2) is 36.0 Å². The lowest BCUT2D eigenvalue weighted by Crippen LogP contribution is -2.47. The molecule has 0 radical (unpaired) electrons. The minimum Gasteiger partial charge on any atom is -0.475 e. The van der Waals surface area contributed by atoms with Crippen LogP contribution in [0.1, 0.15) is 26.7 Å². The largest absolute Gasteiger partial charge is 0.490 e. The van der Waals surface area contributed by atoms with Crippen molar-refractivity contribution in [1.29, 1.82) is 0 Å². The van der Waals surface area contributed by atoms with Crippen LogP contribution in [0.25, 0.3) is 0 Å². The highest BCUT2D eigenvalue weighted by Crippen LogP contribution is 2.47. The van der Waals surface area contributed by atoms with Crippen molar-refractivity contribution in [2.24, 2.45) is 11.8 Å². The summed E-state index contributed by atoms with van der Waals surface area (Å²) in [5, 5.41) is 14.2. The molecule has 16 heteroatoms. The normalized spacial score (nSPS) is 28.5. The molecule has 2 saturated heterocycles. The topological polar surface area (TPSA) is 111 Å². The number of likely N-dealkylation sites (tertiary alicyclic amines) is 1. The van der Waals surface area contributed by atoms with E-state index in [1.165, 1.54) is 11.8 Å². The van der Waals surface area contributed by atoms with Gasteiger partial charge < -0.3 is 10.2 Å². The molecule has 224 valence electrons. The number of aliphatic carboxylic acids is 2. The maximum absolute atomic E-state index is 15.5. The van der Waals surface area contributed by atoms with E-state index in [9.17, 15) is 31.1 Å². The Kier molecular flexibility index (Phi) is 9.92. The molecule has 1 amide bonds. The number of alkyl halides is 8. The van der Waals surface area contributed by atoms with Gasteiger partial charge in [0.1, 0.15) is 5.82 Å². The molecule has 8 nitrogen and oxygen atoms in total. The average molecular weight is 589 g/mol. The van der Waals surface area contributed by atoms with Gasteiger partial charge in [0.2, 0.25) is 5.67 Å². The van der Waals surface area contributed by atoms with Gasteiger partial charge in [0, 0.05) is 25.8 Å². The highest BCUT2D eigenvalue weighted by molar-refractivity contribution is 6.03. The van der Waals surface area contributed by atoms with Crippen LogP contribution in [0.2, 0.25) is 0 Å². The van der Waals surface area contributed by atoms with E-state index >= 15 is 8.78 Å². The molecule has 2 aliphatic heterocycles. The Morgan fingerprint density at radius 1 is 1.02 bits per heavy atom.